The van der Waals surface area contributed by atoms with E-state index in [-0.39, 0.29) is 0 Å². The van der Waals surface area contributed by atoms with Crippen LogP contribution >= 0.6 is 15.9 Å². The first-order chi connectivity index (χ1) is 7.27. The number of hydrogen-bond donors (Lipinski definition) is 1. The fraction of sp³-hybridized carbons (Fsp3) is 0.500. The molecule has 2 heterocycles. The van der Waals surface area contributed by atoms with Crippen LogP contribution in [0.4, 0.5) is 5.69 Å². The van der Waals surface area contributed by atoms with Gasteiger partial charge in [-0.05, 0) is 40.9 Å². The van der Waals surface area contributed by atoms with Crippen molar-refractivity contribution < 1.29 is 0 Å². The molecule has 3 heteroatoms. The molecule has 2 atom stereocenters. The minimum absolute atomic E-state index is 0.601. The van der Waals surface area contributed by atoms with Gasteiger partial charge in [0.2, 0.25) is 0 Å². The van der Waals surface area contributed by atoms with Gasteiger partial charge in [0.25, 0.3) is 0 Å². The second-order valence-corrected chi connectivity index (χ2v) is 5.37. The van der Waals surface area contributed by atoms with Crippen LogP contribution in [0.15, 0.2) is 22.7 Å². The van der Waals surface area contributed by atoms with E-state index in [9.17, 15) is 0 Å². The van der Waals surface area contributed by atoms with Crippen LogP contribution in [-0.2, 0) is 6.42 Å². The average molecular weight is 267 g/mol. The van der Waals surface area contributed by atoms with E-state index in [2.05, 4.69) is 51.3 Å². The zero-order valence-electron chi connectivity index (χ0n) is 8.83. The molecule has 0 spiro atoms. The number of nitrogens with one attached hydrogen (secondary N) is 1. The molecule has 0 saturated carbocycles. The number of rotatable bonds is 0. The Bertz CT molecular complexity index is 391. The van der Waals surface area contributed by atoms with Crippen LogP contribution in [0.5, 0.6) is 0 Å². The van der Waals surface area contributed by atoms with Crippen LogP contribution in [0, 0.1) is 0 Å². The van der Waals surface area contributed by atoms with Gasteiger partial charge >= 0.3 is 0 Å². The van der Waals surface area contributed by atoms with Gasteiger partial charge in [-0.3, -0.25) is 0 Å². The molecule has 0 unspecified atom stereocenters. The van der Waals surface area contributed by atoms with Crippen LogP contribution in [0.25, 0.3) is 0 Å². The quantitative estimate of drug-likeness (QED) is 0.775. The van der Waals surface area contributed by atoms with E-state index in [0.29, 0.717) is 12.1 Å². The van der Waals surface area contributed by atoms with Gasteiger partial charge < -0.3 is 10.2 Å². The monoisotopic (exact) mass is 266 g/mol. The molecule has 1 N–H and O–H groups in total. The molecule has 1 fully saturated rings. The van der Waals surface area contributed by atoms with E-state index < -0.39 is 0 Å². The molecule has 2 nitrogen and oxygen atoms in total. The summed E-state index contributed by atoms with van der Waals surface area (Å²) in [4.78, 5) is 2.58. The molecule has 2 aliphatic rings. The molecule has 1 aromatic rings. The second kappa shape index (κ2) is 3.49. The fourth-order valence-electron chi connectivity index (χ4n) is 2.86. The van der Waals surface area contributed by atoms with Crippen molar-refractivity contribution in [1.82, 2.24) is 5.32 Å². The highest BCUT2D eigenvalue weighted by molar-refractivity contribution is 9.10. The third-order valence-electron chi connectivity index (χ3n) is 3.47. The lowest BCUT2D eigenvalue weighted by Crippen LogP contribution is -2.54. The number of anilines is 1. The number of halogens is 1. The number of hydrogen-bond acceptors (Lipinski definition) is 2. The second-order valence-electron chi connectivity index (χ2n) is 4.52. The van der Waals surface area contributed by atoms with E-state index in [0.717, 1.165) is 13.1 Å². The smallest absolute Gasteiger partial charge is 0.0549 e. The summed E-state index contributed by atoms with van der Waals surface area (Å²) in [7, 11) is 0. The van der Waals surface area contributed by atoms with Crippen molar-refractivity contribution in [3.8, 4) is 0 Å². The van der Waals surface area contributed by atoms with Gasteiger partial charge in [-0.1, -0.05) is 12.1 Å². The molecule has 3 rings (SSSR count). The molecule has 80 valence electrons. The maximum absolute atomic E-state index is 3.67. The van der Waals surface area contributed by atoms with Gasteiger partial charge in [-0.25, -0.2) is 0 Å². The molecule has 2 aliphatic heterocycles. The predicted octanol–water partition coefficient (Wildman–Crippen LogP) is 2.17. The van der Waals surface area contributed by atoms with Crippen molar-refractivity contribution >= 4 is 21.6 Å². The minimum atomic E-state index is 0.601. The molecular weight excluding hydrogens is 252 g/mol. The Labute approximate surface area is 98.8 Å². The van der Waals surface area contributed by atoms with E-state index in [1.807, 2.05) is 0 Å². The van der Waals surface area contributed by atoms with Gasteiger partial charge in [0.05, 0.1) is 5.69 Å². The van der Waals surface area contributed by atoms with Crippen LogP contribution in [-0.4, -0.2) is 25.2 Å². The van der Waals surface area contributed by atoms with Crippen LogP contribution in [0.2, 0.25) is 0 Å². The molecule has 0 bridgehead atoms. The third-order valence-corrected chi connectivity index (χ3v) is 4.11. The maximum Gasteiger partial charge on any atom is 0.0549 e. The van der Waals surface area contributed by atoms with E-state index in [1.54, 1.807) is 0 Å². The van der Waals surface area contributed by atoms with Gasteiger partial charge in [-0.2, -0.15) is 0 Å². The number of benzene rings is 1. The highest BCUT2D eigenvalue weighted by Gasteiger charge is 2.35. The zero-order chi connectivity index (χ0) is 10.4. The Morgan fingerprint density at radius 2 is 2.27 bits per heavy atom. The van der Waals surface area contributed by atoms with Gasteiger partial charge in [0.15, 0.2) is 0 Å². The molecule has 0 radical (unpaired) electrons. The minimum Gasteiger partial charge on any atom is -0.362 e. The topological polar surface area (TPSA) is 15.3 Å². The summed E-state index contributed by atoms with van der Waals surface area (Å²) < 4.78 is 1.25. The summed E-state index contributed by atoms with van der Waals surface area (Å²) in [5.74, 6) is 0. The number of fused-ring (bicyclic) bond motifs is 3. The Hall–Kier alpha value is -0.540. The Kier molecular flexibility index (Phi) is 2.25. The molecule has 1 saturated heterocycles. The lowest BCUT2D eigenvalue weighted by Gasteiger charge is -2.38. The first kappa shape index (κ1) is 9.67. The zero-order valence-corrected chi connectivity index (χ0v) is 10.4. The van der Waals surface area contributed by atoms with Crippen molar-refractivity contribution in [1.29, 1.82) is 0 Å². The van der Waals surface area contributed by atoms with Crippen molar-refractivity contribution in [2.24, 2.45) is 0 Å². The summed E-state index contributed by atoms with van der Waals surface area (Å²) in [6, 6.07) is 7.80. The lowest BCUT2D eigenvalue weighted by atomic mass is 10.1. The SMILES string of the molecule is C[C@@H]1CNC[C@H]2Cc3cccc(Br)c3N21. The van der Waals surface area contributed by atoms with Gasteiger partial charge in [-0.15, -0.1) is 0 Å². The predicted molar refractivity (Wildman–Crippen MR) is 66.4 cm³/mol. The number of para-hydroxylation sites is 1. The first-order valence-corrected chi connectivity index (χ1v) is 6.33. The van der Waals surface area contributed by atoms with E-state index in [1.165, 1.54) is 22.1 Å². The maximum atomic E-state index is 3.67. The van der Waals surface area contributed by atoms with Crippen molar-refractivity contribution in [2.75, 3.05) is 18.0 Å². The summed E-state index contributed by atoms with van der Waals surface area (Å²) in [6.45, 7) is 4.51. The summed E-state index contributed by atoms with van der Waals surface area (Å²) in [5.41, 5.74) is 2.92. The highest BCUT2D eigenvalue weighted by atomic mass is 79.9. The Morgan fingerprint density at radius 1 is 1.40 bits per heavy atom. The van der Waals surface area contributed by atoms with Crippen molar-refractivity contribution in [3.05, 3.63) is 28.2 Å². The molecule has 15 heavy (non-hydrogen) atoms. The summed E-state index contributed by atoms with van der Waals surface area (Å²) >= 11 is 3.67. The average Bonchev–Trinajstić information content (AvgIpc) is 2.58. The largest absolute Gasteiger partial charge is 0.362 e. The van der Waals surface area contributed by atoms with Crippen LogP contribution < -0.4 is 10.2 Å². The molecule has 0 aromatic heterocycles. The lowest BCUT2D eigenvalue weighted by molar-refractivity contribution is 0.429. The Balaban J connectivity index is 2.08. The van der Waals surface area contributed by atoms with E-state index in [4.69, 9.17) is 0 Å². The van der Waals surface area contributed by atoms with Crippen LogP contribution in [0.1, 0.15) is 12.5 Å². The molecular formula is C12H15BrN2. The normalized spacial score (nSPS) is 28.8. The highest BCUT2D eigenvalue weighted by Crippen LogP contribution is 2.40. The standard InChI is InChI=1S/C12H15BrN2/c1-8-6-14-7-10-5-9-3-2-4-11(13)12(9)15(8)10/h2-4,8,10,14H,5-7H2,1H3/t8-,10-/m1/s1. The van der Waals surface area contributed by atoms with Crippen molar-refractivity contribution in [3.63, 3.8) is 0 Å². The summed E-state index contributed by atoms with van der Waals surface area (Å²) in [6.07, 6.45) is 1.19. The van der Waals surface area contributed by atoms with E-state index >= 15 is 0 Å². The Morgan fingerprint density at radius 3 is 3.13 bits per heavy atom. The van der Waals surface area contributed by atoms with Gasteiger partial charge in [0.1, 0.15) is 0 Å². The number of nitrogens with zero attached hydrogens (tertiary/aromatic N) is 1. The number of piperazine rings is 1. The first-order valence-electron chi connectivity index (χ1n) is 5.54. The fourth-order valence-corrected chi connectivity index (χ4v) is 3.47. The molecule has 0 amide bonds. The van der Waals surface area contributed by atoms with Crippen LogP contribution in [0.3, 0.4) is 0 Å². The molecule has 0 aliphatic carbocycles. The summed E-state index contributed by atoms with van der Waals surface area (Å²) in [5, 5.41) is 3.50. The van der Waals surface area contributed by atoms with Crippen molar-refractivity contribution in [2.45, 2.75) is 25.4 Å². The third kappa shape index (κ3) is 1.41. The van der Waals surface area contributed by atoms with Gasteiger partial charge in [0, 0.05) is 29.6 Å². The molecule has 1 aromatic carbocycles.